The van der Waals surface area contributed by atoms with Crippen LogP contribution in [0.2, 0.25) is 0 Å². The second-order valence-electron chi connectivity index (χ2n) is 5.79. The molecule has 6 nitrogen and oxygen atoms in total. The molecule has 0 fully saturated rings. The molecule has 0 saturated heterocycles. The Morgan fingerprint density at radius 1 is 0.852 bits per heavy atom. The molecule has 2 aromatic carbocycles. The molecule has 0 amide bonds. The molecule has 7 heteroatoms. The average molecular weight is 380 g/mol. The summed E-state index contributed by atoms with van der Waals surface area (Å²) in [5.74, 6) is 0.945. The number of aromatic nitrogens is 1. The van der Waals surface area contributed by atoms with Gasteiger partial charge in [0.1, 0.15) is 5.76 Å². The van der Waals surface area contributed by atoms with Gasteiger partial charge < -0.3 is 8.83 Å². The zero-order valence-corrected chi connectivity index (χ0v) is 15.0. The third kappa shape index (κ3) is 3.69. The highest BCUT2D eigenvalue weighted by molar-refractivity contribution is 7.89. The van der Waals surface area contributed by atoms with Gasteiger partial charge in [0.15, 0.2) is 5.76 Å². The number of hydrogen-bond donors (Lipinski definition) is 1. The molecule has 0 aliphatic rings. The van der Waals surface area contributed by atoms with Crippen LogP contribution in [0.25, 0.3) is 22.8 Å². The van der Waals surface area contributed by atoms with Crippen LogP contribution in [0.5, 0.6) is 0 Å². The van der Waals surface area contributed by atoms with Crippen molar-refractivity contribution in [3.05, 3.63) is 84.8 Å². The molecule has 4 aromatic rings. The number of nitrogens with one attached hydrogen (secondary N) is 1. The lowest BCUT2D eigenvalue weighted by molar-refractivity contribution is 0.498. The molecule has 0 bridgehead atoms. The summed E-state index contributed by atoms with van der Waals surface area (Å²) in [4.78, 5) is 4.28. The Hall–Kier alpha value is -3.16. The first-order valence-corrected chi connectivity index (χ1v) is 9.75. The predicted molar refractivity (Wildman–Crippen MR) is 100 cm³/mol. The van der Waals surface area contributed by atoms with Gasteiger partial charge in [-0.1, -0.05) is 48.5 Å². The summed E-state index contributed by atoms with van der Waals surface area (Å²) in [5.41, 5.74) is 1.33. The highest BCUT2D eigenvalue weighted by Crippen LogP contribution is 2.32. The highest BCUT2D eigenvalue weighted by Gasteiger charge is 2.27. The lowest BCUT2D eigenvalue weighted by Gasteiger charge is -2.04. The number of hydrogen-bond acceptors (Lipinski definition) is 5. The van der Waals surface area contributed by atoms with Gasteiger partial charge in [0.2, 0.25) is 10.9 Å². The third-order valence-corrected chi connectivity index (χ3v) is 5.23. The van der Waals surface area contributed by atoms with Crippen LogP contribution in [0.3, 0.4) is 0 Å². The van der Waals surface area contributed by atoms with Crippen molar-refractivity contribution in [3.63, 3.8) is 0 Å². The molecule has 0 aliphatic carbocycles. The first kappa shape index (κ1) is 17.3. The maximum atomic E-state index is 12.9. The van der Waals surface area contributed by atoms with E-state index < -0.39 is 10.0 Å². The van der Waals surface area contributed by atoms with Crippen molar-refractivity contribution in [1.29, 1.82) is 0 Å². The molecule has 0 saturated carbocycles. The molecule has 2 heterocycles. The van der Waals surface area contributed by atoms with E-state index in [9.17, 15) is 8.42 Å². The molecule has 0 radical (unpaired) electrons. The smallest absolute Gasteiger partial charge is 0.262 e. The van der Waals surface area contributed by atoms with Crippen LogP contribution < -0.4 is 4.72 Å². The van der Waals surface area contributed by atoms with Gasteiger partial charge in [-0.05, 0) is 24.3 Å². The lowest BCUT2D eigenvalue weighted by Crippen LogP contribution is -2.24. The molecule has 1 N–H and O–H groups in total. The summed E-state index contributed by atoms with van der Waals surface area (Å²) in [6, 6.07) is 21.6. The second kappa shape index (κ2) is 7.22. The van der Waals surface area contributed by atoms with Gasteiger partial charge in [-0.3, -0.25) is 0 Å². The zero-order valence-electron chi connectivity index (χ0n) is 14.2. The molecular formula is C20H16N2O4S. The van der Waals surface area contributed by atoms with Crippen molar-refractivity contribution in [3.8, 4) is 22.8 Å². The van der Waals surface area contributed by atoms with E-state index in [4.69, 9.17) is 8.83 Å². The molecule has 4 rings (SSSR count). The van der Waals surface area contributed by atoms with E-state index in [1.54, 1.807) is 24.3 Å². The number of rotatable bonds is 6. The van der Waals surface area contributed by atoms with Crippen LogP contribution >= 0.6 is 0 Å². The van der Waals surface area contributed by atoms with Crippen molar-refractivity contribution in [2.24, 2.45) is 0 Å². The van der Waals surface area contributed by atoms with Crippen molar-refractivity contribution >= 4 is 10.0 Å². The van der Waals surface area contributed by atoms with E-state index in [2.05, 4.69) is 9.71 Å². The monoisotopic (exact) mass is 380 g/mol. The minimum absolute atomic E-state index is 0.0249. The van der Waals surface area contributed by atoms with Crippen LogP contribution in [0, 0.1) is 0 Å². The normalized spacial score (nSPS) is 11.6. The van der Waals surface area contributed by atoms with E-state index in [0.717, 1.165) is 0 Å². The number of sulfonamides is 1. The summed E-state index contributed by atoms with van der Waals surface area (Å²) < 4.78 is 39.3. The Labute approximate surface area is 156 Å². The number of benzene rings is 2. The van der Waals surface area contributed by atoms with Crippen molar-refractivity contribution in [2.45, 2.75) is 11.6 Å². The van der Waals surface area contributed by atoms with Crippen molar-refractivity contribution in [1.82, 2.24) is 9.71 Å². The zero-order chi connectivity index (χ0) is 18.7. The summed E-state index contributed by atoms with van der Waals surface area (Å²) in [5, 5.41) is -0.154. The topological polar surface area (TPSA) is 85.3 Å². The Kier molecular flexibility index (Phi) is 4.62. The first-order chi connectivity index (χ1) is 13.1. The van der Waals surface area contributed by atoms with Gasteiger partial charge in [0, 0.05) is 11.1 Å². The SMILES string of the molecule is O=S(=O)(NCc1ccco1)c1nc(-c2ccccc2)oc1-c1ccccc1. The van der Waals surface area contributed by atoms with Gasteiger partial charge in [0.25, 0.3) is 10.0 Å². The van der Waals surface area contributed by atoms with Crippen LogP contribution in [0.15, 0.2) is 92.9 Å². The van der Waals surface area contributed by atoms with Crippen LogP contribution in [0.1, 0.15) is 5.76 Å². The second-order valence-corrected chi connectivity index (χ2v) is 7.47. The molecule has 27 heavy (non-hydrogen) atoms. The Bertz CT molecular complexity index is 1120. The number of furan rings is 1. The van der Waals surface area contributed by atoms with Gasteiger partial charge in [-0.2, -0.15) is 4.98 Å². The average Bonchev–Trinajstić information content (AvgIpc) is 3.38. The molecule has 0 atom stereocenters. The van der Waals surface area contributed by atoms with Crippen LogP contribution in [-0.2, 0) is 16.6 Å². The van der Waals surface area contributed by atoms with Crippen molar-refractivity contribution in [2.75, 3.05) is 0 Å². The summed E-state index contributed by atoms with van der Waals surface area (Å²) >= 11 is 0. The van der Waals surface area contributed by atoms with E-state index in [1.807, 2.05) is 48.5 Å². The molecular weight excluding hydrogens is 364 g/mol. The Morgan fingerprint density at radius 3 is 2.15 bits per heavy atom. The molecule has 136 valence electrons. The fourth-order valence-corrected chi connectivity index (χ4v) is 3.69. The molecule has 0 aliphatic heterocycles. The quantitative estimate of drug-likeness (QED) is 0.545. The number of oxazole rings is 1. The van der Waals surface area contributed by atoms with E-state index in [1.165, 1.54) is 6.26 Å². The van der Waals surface area contributed by atoms with Crippen molar-refractivity contribution < 1.29 is 17.3 Å². The standard InChI is InChI=1S/C20H16N2O4S/c23-27(24,21-14-17-12-7-13-25-17)20-18(15-8-3-1-4-9-15)26-19(22-20)16-10-5-2-6-11-16/h1-13,21H,14H2. The summed E-state index contributed by atoms with van der Waals surface area (Å²) in [6.07, 6.45) is 1.49. The minimum Gasteiger partial charge on any atom is -0.468 e. The van der Waals surface area contributed by atoms with E-state index in [0.29, 0.717) is 16.9 Å². The van der Waals surface area contributed by atoms with Gasteiger partial charge >= 0.3 is 0 Å². The van der Waals surface area contributed by atoms with Gasteiger partial charge in [-0.15, -0.1) is 0 Å². The van der Waals surface area contributed by atoms with E-state index >= 15 is 0 Å². The summed E-state index contributed by atoms with van der Waals surface area (Å²) in [7, 11) is -3.92. The molecule has 2 aromatic heterocycles. The minimum atomic E-state index is -3.92. The lowest BCUT2D eigenvalue weighted by atomic mass is 10.2. The fourth-order valence-electron chi connectivity index (χ4n) is 2.61. The third-order valence-electron chi connectivity index (χ3n) is 3.92. The summed E-state index contributed by atoms with van der Waals surface area (Å²) in [6.45, 7) is 0.0249. The van der Waals surface area contributed by atoms with Gasteiger partial charge in [-0.25, -0.2) is 13.1 Å². The van der Waals surface area contributed by atoms with Crippen LogP contribution in [-0.4, -0.2) is 13.4 Å². The highest BCUT2D eigenvalue weighted by atomic mass is 32.2. The Morgan fingerprint density at radius 2 is 1.52 bits per heavy atom. The first-order valence-electron chi connectivity index (χ1n) is 8.27. The molecule has 0 unspecified atom stereocenters. The largest absolute Gasteiger partial charge is 0.468 e. The maximum absolute atomic E-state index is 12.9. The van der Waals surface area contributed by atoms with E-state index in [-0.39, 0.29) is 23.2 Å². The fraction of sp³-hybridized carbons (Fsp3) is 0.0500. The predicted octanol–water partition coefficient (Wildman–Crippen LogP) is 4.08. The molecule has 0 spiro atoms. The Balaban J connectivity index is 1.77. The van der Waals surface area contributed by atoms with Gasteiger partial charge in [0.05, 0.1) is 12.8 Å². The van der Waals surface area contributed by atoms with Crippen LogP contribution in [0.4, 0.5) is 0 Å². The maximum Gasteiger partial charge on any atom is 0.262 e. The number of nitrogens with zero attached hydrogens (tertiary/aromatic N) is 1.